The molecule has 6 rings (SSSR count). The molecule has 39 heavy (non-hydrogen) atoms. The number of para-hydroxylation sites is 1. The number of fused-ring (bicyclic) bond motifs is 2. The van der Waals surface area contributed by atoms with Gasteiger partial charge in [0.1, 0.15) is 5.82 Å². The highest BCUT2D eigenvalue weighted by atomic mass is 16.2. The third-order valence-corrected chi connectivity index (χ3v) is 9.02. The number of nitriles is 1. The van der Waals surface area contributed by atoms with Gasteiger partial charge in [-0.15, -0.1) is 0 Å². The number of piperazine rings is 1. The van der Waals surface area contributed by atoms with E-state index in [1.165, 1.54) is 22.9 Å². The molecule has 9 heteroatoms. The SMILES string of the molecule is C=CC(=O)N1CCN(c2nc(N3CC(N(C)C)C3)nc3c2CCC(N2CCc4ccccc42)C3)C[C@@H]1CC#N. The summed E-state index contributed by atoms with van der Waals surface area (Å²) in [6.45, 7) is 8.42. The maximum Gasteiger partial charge on any atom is 0.246 e. The largest absolute Gasteiger partial charge is 0.368 e. The molecular weight excluding hydrogens is 488 g/mol. The number of anilines is 3. The molecule has 2 saturated heterocycles. The molecule has 1 aromatic carbocycles. The Hall–Kier alpha value is -3.64. The molecule has 9 nitrogen and oxygen atoms in total. The van der Waals surface area contributed by atoms with E-state index >= 15 is 0 Å². The van der Waals surface area contributed by atoms with E-state index in [0.717, 1.165) is 62.8 Å². The number of nitrogens with zero attached hydrogens (tertiary/aromatic N) is 8. The molecular formula is C30H38N8O. The second kappa shape index (κ2) is 10.5. The number of carbonyl (C=O) groups is 1. The standard InChI is InChI=1S/C30H38N8O/c1-4-28(39)38-16-15-35(18-23(38)11-13-31)29-25-10-9-22(37-14-12-21-7-5-6-8-27(21)37)17-26(25)32-30(33-29)36-19-24(20-36)34(2)3/h4-8,22-24H,1,9-12,14-20H2,2-3H3/t22?,23-/m0/s1. The van der Waals surface area contributed by atoms with Gasteiger partial charge in [-0.1, -0.05) is 24.8 Å². The van der Waals surface area contributed by atoms with E-state index in [9.17, 15) is 10.1 Å². The Morgan fingerprint density at radius 3 is 2.72 bits per heavy atom. The number of likely N-dealkylation sites (N-methyl/N-ethyl adjacent to an activating group) is 1. The number of benzene rings is 1. The van der Waals surface area contributed by atoms with Gasteiger partial charge in [0.25, 0.3) is 0 Å². The van der Waals surface area contributed by atoms with Crippen LogP contribution in [0.2, 0.25) is 0 Å². The molecule has 0 N–H and O–H groups in total. The lowest BCUT2D eigenvalue weighted by molar-refractivity contribution is -0.128. The van der Waals surface area contributed by atoms with Crippen molar-refractivity contribution in [2.24, 2.45) is 0 Å². The number of hydrogen-bond donors (Lipinski definition) is 0. The summed E-state index contributed by atoms with van der Waals surface area (Å²) in [4.78, 5) is 34.1. The van der Waals surface area contributed by atoms with Crippen LogP contribution in [0.15, 0.2) is 36.9 Å². The van der Waals surface area contributed by atoms with Gasteiger partial charge < -0.3 is 24.5 Å². The lowest BCUT2D eigenvalue weighted by Crippen LogP contribution is -2.58. The fourth-order valence-corrected chi connectivity index (χ4v) is 6.66. The molecule has 1 aliphatic carbocycles. The lowest BCUT2D eigenvalue weighted by atomic mass is 9.90. The second-order valence-corrected chi connectivity index (χ2v) is 11.5. The summed E-state index contributed by atoms with van der Waals surface area (Å²) in [6, 6.07) is 11.8. The van der Waals surface area contributed by atoms with Crippen molar-refractivity contribution in [3.05, 3.63) is 53.7 Å². The average Bonchev–Trinajstić information content (AvgIpc) is 3.35. The monoisotopic (exact) mass is 526 g/mol. The van der Waals surface area contributed by atoms with Crippen molar-refractivity contribution in [3.63, 3.8) is 0 Å². The molecule has 2 fully saturated rings. The third-order valence-electron chi connectivity index (χ3n) is 9.02. The van der Waals surface area contributed by atoms with Crippen LogP contribution in [0.4, 0.5) is 17.5 Å². The molecule has 2 aromatic rings. The van der Waals surface area contributed by atoms with E-state index < -0.39 is 0 Å². The summed E-state index contributed by atoms with van der Waals surface area (Å²) in [5.74, 6) is 1.70. The highest BCUT2D eigenvalue weighted by molar-refractivity contribution is 5.87. The fraction of sp³-hybridized carbons (Fsp3) is 0.533. The van der Waals surface area contributed by atoms with Gasteiger partial charge in [-0.2, -0.15) is 10.2 Å². The van der Waals surface area contributed by atoms with Crippen molar-refractivity contribution >= 4 is 23.4 Å². The highest BCUT2D eigenvalue weighted by Gasteiger charge is 2.37. The van der Waals surface area contributed by atoms with Crippen LogP contribution in [0.1, 0.15) is 29.7 Å². The Morgan fingerprint density at radius 2 is 1.95 bits per heavy atom. The lowest BCUT2D eigenvalue weighted by Gasteiger charge is -2.45. The maximum absolute atomic E-state index is 12.5. The molecule has 1 unspecified atom stereocenters. The molecule has 4 heterocycles. The van der Waals surface area contributed by atoms with Gasteiger partial charge in [-0.25, -0.2) is 4.98 Å². The van der Waals surface area contributed by atoms with Crippen molar-refractivity contribution in [3.8, 4) is 6.07 Å². The summed E-state index contributed by atoms with van der Waals surface area (Å²) in [6.07, 6.45) is 5.67. The Labute approximate surface area is 231 Å². The van der Waals surface area contributed by atoms with Crippen molar-refractivity contribution < 1.29 is 4.79 Å². The Kier molecular flexibility index (Phi) is 6.90. The van der Waals surface area contributed by atoms with E-state index in [1.54, 1.807) is 4.90 Å². The van der Waals surface area contributed by atoms with Gasteiger partial charge >= 0.3 is 0 Å². The van der Waals surface area contributed by atoms with Crippen LogP contribution in [0.5, 0.6) is 0 Å². The van der Waals surface area contributed by atoms with E-state index in [1.807, 2.05) is 0 Å². The predicted molar refractivity (Wildman–Crippen MR) is 153 cm³/mol. The van der Waals surface area contributed by atoms with Gasteiger partial charge in [0.05, 0.1) is 24.2 Å². The Morgan fingerprint density at radius 1 is 1.13 bits per heavy atom. The minimum Gasteiger partial charge on any atom is -0.368 e. The molecule has 0 radical (unpaired) electrons. The van der Waals surface area contributed by atoms with Gasteiger partial charge in [0.15, 0.2) is 0 Å². The molecule has 2 atom stereocenters. The van der Waals surface area contributed by atoms with Crippen LogP contribution in [0, 0.1) is 11.3 Å². The first kappa shape index (κ1) is 25.6. The number of carbonyl (C=O) groups excluding carboxylic acids is 1. The van der Waals surface area contributed by atoms with E-state index in [0.29, 0.717) is 38.1 Å². The van der Waals surface area contributed by atoms with Crippen LogP contribution in [-0.2, 0) is 24.1 Å². The van der Waals surface area contributed by atoms with E-state index in [4.69, 9.17) is 9.97 Å². The summed E-state index contributed by atoms with van der Waals surface area (Å²) < 4.78 is 0. The number of amides is 1. The van der Waals surface area contributed by atoms with Crippen LogP contribution < -0.4 is 14.7 Å². The van der Waals surface area contributed by atoms with Crippen LogP contribution >= 0.6 is 0 Å². The zero-order valence-electron chi connectivity index (χ0n) is 23.1. The zero-order valence-corrected chi connectivity index (χ0v) is 23.1. The minimum atomic E-state index is -0.178. The number of aromatic nitrogens is 2. The van der Waals surface area contributed by atoms with E-state index in [-0.39, 0.29) is 11.9 Å². The van der Waals surface area contributed by atoms with E-state index in [2.05, 4.69) is 70.6 Å². The first-order valence-corrected chi connectivity index (χ1v) is 14.2. The number of hydrogen-bond acceptors (Lipinski definition) is 8. The predicted octanol–water partition coefficient (Wildman–Crippen LogP) is 2.26. The van der Waals surface area contributed by atoms with Crippen LogP contribution in [0.3, 0.4) is 0 Å². The van der Waals surface area contributed by atoms with Crippen LogP contribution in [0.25, 0.3) is 0 Å². The van der Waals surface area contributed by atoms with Gasteiger partial charge in [0.2, 0.25) is 11.9 Å². The molecule has 0 bridgehead atoms. The third kappa shape index (κ3) is 4.71. The van der Waals surface area contributed by atoms with Crippen molar-refractivity contribution in [1.29, 1.82) is 5.26 Å². The van der Waals surface area contributed by atoms with Crippen molar-refractivity contribution in [1.82, 2.24) is 19.8 Å². The Balaban J connectivity index is 1.31. The van der Waals surface area contributed by atoms with Gasteiger partial charge in [-0.05, 0) is 51.1 Å². The van der Waals surface area contributed by atoms with Crippen molar-refractivity contribution in [2.75, 3.05) is 68.1 Å². The fourth-order valence-electron chi connectivity index (χ4n) is 6.66. The van der Waals surface area contributed by atoms with Crippen molar-refractivity contribution in [2.45, 2.75) is 50.2 Å². The average molecular weight is 527 g/mol. The molecule has 1 aromatic heterocycles. The van der Waals surface area contributed by atoms with Gasteiger partial charge in [-0.3, -0.25) is 4.79 Å². The minimum absolute atomic E-state index is 0.107. The molecule has 204 valence electrons. The first-order valence-electron chi connectivity index (χ1n) is 14.2. The normalized spacial score (nSPS) is 22.8. The highest BCUT2D eigenvalue weighted by Crippen LogP contribution is 2.37. The summed E-state index contributed by atoms with van der Waals surface area (Å²) in [5, 5.41) is 9.50. The topological polar surface area (TPSA) is 82.8 Å². The summed E-state index contributed by atoms with van der Waals surface area (Å²) in [7, 11) is 4.25. The summed E-state index contributed by atoms with van der Waals surface area (Å²) in [5.41, 5.74) is 5.22. The van der Waals surface area contributed by atoms with Crippen LogP contribution in [-0.4, -0.2) is 97.2 Å². The second-order valence-electron chi connectivity index (χ2n) is 11.5. The summed E-state index contributed by atoms with van der Waals surface area (Å²) >= 11 is 0. The smallest absolute Gasteiger partial charge is 0.246 e. The molecule has 0 saturated carbocycles. The maximum atomic E-state index is 12.5. The zero-order chi connectivity index (χ0) is 27.1. The molecule has 1 amide bonds. The molecule has 4 aliphatic rings. The van der Waals surface area contributed by atoms with Gasteiger partial charge in [0, 0.05) is 69.0 Å². The quantitative estimate of drug-likeness (QED) is 0.531. The first-order chi connectivity index (χ1) is 19.0. The Bertz CT molecular complexity index is 1300. The molecule has 3 aliphatic heterocycles. The molecule has 0 spiro atoms. The number of rotatable bonds is 6.